The van der Waals surface area contributed by atoms with Crippen LogP contribution < -0.4 is 0 Å². The van der Waals surface area contributed by atoms with Gasteiger partial charge in [0.05, 0.1) is 18.2 Å². The van der Waals surface area contributed by atoms with E-state index in [9.17, 15) is 14.7 Å². The summed E-state index contributed by atoms with van der Waals surface area (Å²) in [5.41, 5.74) is 0.792. The van der Waals surface area contributed by atoms with E-state index in [1.165, 1.54) is 24.2 Å². The fourth-order valence-corrected chi connectivity index (χ4v) is 6.65. The summed E-state index contributed by atoms with van der Waals surface area (Å²) < 4.78 is 12.0. The Bertz CT molecular complexity index is 743. The number of carbonyl (C=O) groups is 2. The highest BCUT2D eigenvalue weighted by molar-refractivity contribution is 5.81. The van der Waals surface area contributed by atoms with Crippen LogP contribution in [-0.2, 0) is 20.9 Å². The van der Waals surface area contributed by atoms with Crippen molar-refractivity contribution in [2.75, 3.05) is 6.54 Å². The molecule has 156 valence electrons. The molecular formula is C23H29NO5. The molecule has 4 aliphatic carbocycles. The summed E-state index contributed by atoms with van der Waals surface area (Å²) in [6.07, 6.45) is 6.87. The Labute approximate surface area is 171 Å². The van der Waals surface area contributed by atoms with E-state index in [1.54, 1.807) is 0 Å². The van der Waals surface area contributed by atoms with Crippen LogP contribution in [0.1, 0.15) is 50.5 Å². The molecule has 6 rings (SSSR count). The molecule has 6 heteroatoms. The average Bonchev–Trinajstić information content (AvgIpc) is 3.09. The molecule has 4 saturated carbocycles. The molecule has 0 spiro atoms. The van der Waals surface area contributed by atoms with Crippen LogP contribution in [-0.4, -0.2) is 46.4 Å². The minimum absolute atomic E-state index is 0.0908. The molecule has 1 heterocycles. The van der Waals surface area contributed by atoms with Gasteiger partial charge >= 0.3 is 12.1 Å². The van der Waals surface area contributed by atoms with Crippen molar-refractivity contribution in [3.8, 4) is 0 Å². The highest BCUT2D eigenvalue weighted by Gasteiger charge is 2.54. The van der Waals surface area contributed by atoms with Crippen LogP contribution in [0.15, 0.2) is 30.3 Å². The first kappa shape index (κ1) is 18.9. The number of ether oxygens (including phenoxy) is 2. The summed E-state index contributed by atoms with van der Waals surface area (Å²) >= 11 is 0. The fraction of sp³-hybridized carbons (Fsp3) is 0.652. The zero-order chi connectivity index (χ0) is 20.0. The number of amides is 1. The Morgan fingerprint density at radius 3 is 2.21 bits per heavy atom. The molecule has 1 saturated heterocycles. The lowest BCUT2D eigenvalue weighted by molar-refractivity contribution is -0.185. The van der Waals surface area contributed by atoms with Crippen molar-refractivity contribution in [2.45, 2.75) is 69.3 Å². The molecule has 1 aromatic carbocycles. The van der Waals surface area contributed by atoms with Gasteiger partial charge in [0.2, 0.25) is 0 Å². The van der Waals surface area contributed by atoms with Crippen LogP contribution in [0.25, 0.3) is 0 Å². The van der Waals surface area contributed by atoms with Gasteiger partial charge in [0.25, 0.3) is 0 Å². The van der Waals surface area contributed by atoms with Gasteiger partial charge in [0.1, 0.15) is 12.6 Å². The lowest BCUT2D eigenvalue weighted by Gasteiger charge is -2.57. The maximum atomic E-state index is 12.6. The van der Waals surface area contributed by atoms with Crippen LogP contribution in [0, 0.1) is 17.8 Å². The predicted molar refractivity (Wildman–Crippen MR) is 105 cm³/mol. The predicted octanol–water partition coefficient (Wildman–Crippen LogP) is 3.84. The number of carboxylic acids is 1. The minimum atomic E-state index is -0.988. The molecule has 1 N–H and O–H groups in total. The number of nitrogens with zero attached hydrogens (tertiary/aromatic N) is 1. The molecule has 2 atom stereocenters. The molecule has 1 aromatic rings. The largest absolute Gasteiger partial charge is 0.480 e. The molecular weight excluding hydrogens is 370 g/mol. The zero-order valence-corrected chi connectivity index (χ0v) is 16.7. The molecule has 0 aromatic heterocycles. The topological polar surface area (TPSA) is 76.1 Å². The summed E-state index contributed by atoms with van der Waals surface area (Å²) in [4.78, 5) is 25.8. The number of benzene rings is 1. The van der Waals surface area contributed by atoms with Gasteiger partial charge in [-0.15, -0.1) is 0 Å². The van der Waals surface area contributed by atoms with E-state index >= 15 is 0 Å². The lowest BCUT2D eigenvalue weighted by Crippen LogP contribution is -2.53. The smallest absolute Gasteiger partial charge is 0.410 e. The maximum absolute atomic E-state index is 12.6. The van der Waals surface area contributed by atoms with Crippen molar-refractivity contribution in [3.63, 3.8) is 0 Å². The normalized spacial score (nSPS) is 37.7. The molecule has 1 aliphatic heterocycles. The van der Waals surface area contributed by atoms with Crippen LogP contribution in [0.3, 0.4) is 0 Å². The summed E-state index contributed by atoms with van der Waals surface area (Å²) in [6, 6.07) is 8.55. The Morgan fingerprint density at radius 1 is 1.00 bits per heavy atom. The van der Waals surface area contributed by atoms with E-state index in [4.69, 9.17) is 9.47 Å². The van der Waals surface area contributed by atoms with E-state index in [-0.39, 0.29) is 18.3 Å². The number of aliphatic carboxylic acids is 1. The number of carboxylic acid groups (broad SMARTS) is 1. The van der Waals surface area contributed by atoms with Crippen molar-refractivity contribution in [1.82, 2.24) is 4.90 Å². The Balaban J connectivity index is 1.24. The van der Waals surface area contributed by atoms with Crippen LogP contribution in [0.5, 0.6) is 0 Å². The molecule has 1 amide bonds. The Hall–Kier alpha value is -2.08. The first-order valence-corrected chi connectivity index (χ1v) is 10.9. The third kappa shape index (κ3) is 3.75. The van der Waals surface area contributed by atoms with Crippen LogP contribution >= 0.6 is 0 Å². The molecule has 0 unspecified atom stereocenters. The van der Waals surface area contributed by atoms with Gasteiger partial charge in [-0.3, -0.25) is 4.90 Å². The highest BCUT2D eigenvalue weighted by Crippen LogP contribution is 2.57. The van der Waals surface area contributed by atoms with E-state index in [2.05, 4.69) is 0 Å². The standard InChI is InChI=1S/C23H29NO5/c25-21(26)20-9-19(13-24(20)22(27)28-14-15-4-2-1-3-5-15)29-23-10-16-6-17(11-23)8-18(7-16)12-23/h1-5,16-20H,6-14H2,(H,25,26)/t16?,17?,18?,19-,20-,23?/m0/s1. The van der Waals surface area contributed by atoms with Crippen molar-refractivity contribution in [3.05, 3.63) is 35.9 Å². The molecule has 6 nitrogen and oxygen atoms in total. The first-order chi connectivity index (χ1) is 14.0. The Morgan fingerprint density at radius 2 is 1.62 bits per heavy atom. The van der Waals surface area contributed by atoms with Crippen LogP contribution in [0.2, 0.25) is 0 Å². The lowest BCUT2D eigenvalue weighted by atomic mass is 9.54. The van der Waals surface area contributed by atoms with Crippen molar-refractivity contribution in [1.29, 1.82) is 0 Å². The highest BCUT2D eigenvalue weighted by atomic mass is 16.6. The third-order valence-corrected chi connectivity index (χ3v) is 7.39. The summed E-state index contributed by atoms with van der Waals surface area (Å²) in [7, 11) is 0. The average molecular weight is 399 g/mol. The quantitative estimate of drug-likeness (QED) is 0.814. The Kier molecular flexibility index (Phi) is 4.77. The number of hydrogen-bond donors (Lipinski definition) is 1. The second-order valence-corrected chi connectivity index (χ2v) is 9.62. The van der Waals surface area contributed by atoms with E-state index < -0.39 is 18.1 Å². The van der Waals surface area contributed by atoms with Gasteiger partial charge in [-0.1, -0.05) is 30.3 Å². The number of hydrogen-bond acceptors (Lipinski definition) is 4. The molecule has 29 heavy (non-hydrogen) atoms. The second kappa shape index (κ2) is 7.31. The number of carbonyl (C=O) groups excluding carboxylic acids is 1. The number of likely N-dealkylation sites (tertiary alicyclic amines) is 1. The molecule has 0 radical (unpaired) electrons. The molecule has 5 fully saturated rings. The molecule has 5 aliphatic rings. The van der Waals surface area contributed by atoms with Gasteiger partial charge in [-0.25, -0.2) is 9.59 Å². The van der Waals surface area contributed by atoms with Gasteiger partial charge in [-0.05, 0) is 61.8 Å². The monoisotopic (exact) mass is 399 g/mol. The van der Waals surface area contributed by atoms with Gasteiger partial charge in [-0.2, -0.15) is 0 Å². The fourth-order valence-electron chi connectivity index (χ4n) is 6.65. The molecule has 4 bridgehead atoms. The summed E-state index contributed by atoms with van der Waals surface area (Å²) in [5.74, 6) is 1.32. The van der Waals surface area contributed by atoms with E-state index in [0.29, 0.717) is 13.0 Å². The summed E-state index contributed by atoms with van der Waals surface area (Å²) in [6.45, 7) is 0.440. The van der Waals surface area contributed by atoms with Gasteiger partial charge in [0.15, 0.2) is 0 Å². The second-order valence-electron chi connectivity index (χ2n) is 9.62. The van der Waals surface area contributed by atoms with E-state index in [0.717, 1.165) is 42.6 Å². The maximum Gasteiger partial charge on any atom is 0.410 e. The minimum Gasteiger partial charge on any atom is -0.480 e. The van der Waals surface area contributed by atoms with Crippen molar-refractivity contribution < 1.29 is 24.2 Å². The zero-order valence-electron chi connectivity index (χ0n) is 16.7. The number of rotatable bonds is 5. The first-order valence-electron chi connectivity index (χ1n) is 10.9. The summed E-state index contributed by atoms with van der Waals surface area (Å²) in [5, 5.41) is 9.66. The van der Waals surface area contributed by atoms with E-state index in [1.807, 2.05) is 30.3 Å². The van der Waals surface area contributed by atoms with Gasteiger partial charge < -0.3 is 14.6 Å². The van der Waals surface area contributed by atoms with Gasteiger partial charge in [0, 0.05) is 6.42 Å². The SMILES string of the molecule is O=C(O)[C@@H]1C[C@H](OC23CC4CC(CC(C4)C2)C3)CN1C(=O)OCc1ccccc1. The third-order valence-electron chi connectivity index (χ3n) is 7.39. The van der Waals surface area contributed by atoms with Crippen molar-refractivity contribution >= 4 is 12.1 Å². The van der Waals surface area contributed by atoms with Crippen LogP contribution in [0.4, 0.5) is 4.79 Å². The van der Waals surface area contributed by atoms with Crippen molar-refractivity contribution in [2.24, 2.45) is 17.8 Å².